The first kappa shape index (κ1) is 25.3. The van der Waals surface area contributed by atoms with Gasteiger partial charge in [0.25, 0.3) is 11.1 Å². The summed E-state index contributed by atoms with van der Waals surface area (Å²) in [6.45, 7) is 2.62. The van der Waals surface area contributed by atoms with Crippen LogP contribution in [0, 0.1) is 5.82 Å². The Morgan fingerprint density at radius 3 is 2.57 bits per heavy atom. The minimum atomic E-state index is -0.486. The second-order valence-electron chi connectivity index (χ2n) is 7.54. The normalized spacial score (nSPS) is 14.6. The van der Waals surface area contributed by atoms with Gasteiger partial charge in [0, 0.05) is 5.02 Å². The van der Waals surface area contributed by atoms with Crippen molar-refractivity contribution in [2.45, 2.75) is 20.1 Å². The maximum absolute atomic E-state index is 13.3. The van der Waals surface area contributed by atoms with Gasteiger partial charge < -0.3 is 9.47 Å². The molecule has 1 aliphatic heterocycles. The first-order valence-electron chi connectivity index (χ1n) is 10.7. The Morgan fingerprint density at radius 1 is 1.09 bits per heavy atom. The van der Waals surface area contributed by atoms with E-state index < -0.39 is 17.0 Å². The summed E-state index contributed by atoms with van der Waals surface area (Å²) in [7, 11) is 0. The molecule has 0 aromatic heterocycles. The molecular formula is C26H20BrClFNO4S. The van der Waals surface area contributed by atoms with Crippen LogP contribution in [0.5, 0.6) is 11.5 Å². The topological polar surface area (TPSA) is 55.8 Å². The van der Waals surface area contributed by atoms with Gasteiger partial charge in [0.15, 0.2) is 11.5 Å². The maximum atomic E-state index is 13.3. The predicted octanol–water partition coefficient (Wildman–Crippen LogP) is 7.46. The average Bonchev–Trinajstić information content (AvgIpc) is 3.08. The molecule has 2 amide bonds. The van der Waals surface area contributed by atoms with Crippen molar-refractivity contribution in [3.8, 4) is 11.5 Å². The zero-order valence-electron chi connectivity index (χ0n) is 18.6. The van der Waals surface area contributed by atoms with Crippen molar-refractivity contribution in [1.82, 2.24) is 4.90 Å². The van der Waals surface area contributed by atoms with E-state index in [1.54, 1.807) is 18.2 Å². The van der Waals surface area contributed by atoms with Gasteiger partial charge in [0.1, 0.15) is 12.4 Å². The van der Waals surface area contributed by atoms with E-state index in [1.165, 1.54) is 12.1 Å². The molecule has 0 bridgehead atoms. The van der Waals surface area contributed by atoms with E-state index in [-0.39, 0.29) is 16.5 Å². The Labute approximate surface area is 220 Å². The van der Waals surface area contributed by atoms with Crippen LogP contribution < -0.4 is 9.47 Å². The number of carbonyl (C=O) groups excluding carboxylic acids is 2. The second-order valence-corrected chi connectivity index (χ2v) is 9.80. The Bertz CT molecular complexity index is 1300. The summed E-state index contributed by atoms with van der Waals surface area (Å²) >= 11 is 10.4. The highest BCUT2D eigenvalue weighted by atomic mass is 79.9. The van der Waals surface area contributed by atoms with E-state index in [0.717, 1.165) is 28.3 Å². The van der Waals surface area contributed by atoms with Crippen LogP contribution in [-0.2, 0) is 17.9 Å². The number of thioether (sulfide) groups is 1. The molecular weight excluding hydrogens is 557 g/mol. The summed E-state index contributed by atoms with van der Waals surface area (Å²) in [4.78, 5) is 26.8. The molecule has 3 aromatic carbocycles. The van der Waals surface area contributed by atoms with Crippen LogP contribution in [0.15, 0.2) is 70.0 Å². The van der Waals surface area contributed by atoms with E-state index in [0.29, 0.717) is 40.3 Å². The van der Waals surface area contributed by atoms with E-state index >= 15 is 0 Å². The number of hydrogen-bond acceptors (Lipinski definition) is 5. The summed E-state index contributed by atoms with van der Waals surface area (Å²) in [5.41, 5.74) is 2.16. The van der Waals surface area contributed by atoms with Crippen molar-refractivity contribution >= 4 is 56.5 Å². The minimum absolute atomic E-state index is 0.0404. The number of carbonyl (C=O) groups is 2. The fraction of sp³-hybridized carbons (Fsp3) is 0.154. The third kappa shape index (κ3) is 6.07. The van der Waals surface area contributed by atoms with Gasteiger partial charge in [-0.3, -0.25) is 14.5 Å². The largest absolute Gasteiger partial charge is 0.490 e. The lowest BCUT2D eigenvalue weighted by molar-refractivity contribution is -0.123. The molecule has 5 nitrogen and oxygen atoms in total. The second kappa shape index (κ2) is 11.3. The van der Waals surface area contributed by atoms with Crippen molar-refractivity contribution in [2.24, 2.45) is 0 Å². The highest BCUT2D eigenvalue weighted by Gasteiger charge is 2.35. The number of hydrogen-bond donors (Lipinski definition) is 0. The molecule has 180 valence electrons. The highest BCUT2D eigenvalue weighted by Crippen LogP contribution is 2.40. The van der Waals surface area contributed by atoms with Gasteiger partial charge in [-0.15, -0.1) is 0 Å². The molecule has 35 heavy (non-hydrogen) atoms. The Balaban J connectivity index is 1.56. The van der Waals surface area contributed by atoms with E-state index in [4.69, 9.17) is 21.1 Å². The Hall–Kier alpha value is -2.81. The summed E-state index contributed by atoms with van der Waals surface area (Å²) in [5.74, 6) is 0.131. The molecule has 1 aliphatic rings. The molecule has 0 saturated carbocycles. The Kier molecular flexibility index (Phi) is 8.15. The third-order valence-electron chi connectivity index (χ3n) is 5.07. The van der Waals surface area contributed by atoms with Crippen LogP contribution in [0.25, 0.3) is 6.08 Å². The van der Waals surface area contributed by atoms with Gasteiger partial charge in [0.05, 0.1) is 22.5 Å². The molecule has 0 radical (unpaired) electrons. The summed E-state index contributed by atoms with van der Waals surface area (Å²) in [5, 5.41) is -0.266. The molecule has 4 rings (SSSR count). The van der Waals surface area contributed by atoms with Crippen LogP contribution in [-0.4, -0.2) is 22.7 Å². The van der Waals surface area contributed by atoms with Crippen LogP contribution in [0.1, 0.15) is 23.6 Å². The molecule has 1 heterocycles. The Morgan fingerprint density at radius 2 is 1.86 bits per heavy atom. The SMILES string of the molecule is CCOc1cc(/C=C2\SC(=O)N(Cc3ccc(F)cc3Cl)C2=O)cc(Br)c1OCc1ccccc1. The van der Waals surface area contributed by atoms with Crippen molar-refractivity contribution < 1.29 is 23.5 Å². The molecule has 0 N–H and O–H groups in total. The number of nitrogens with zero attached hydrogens (tertiary/aromatic N) is 1. The fourth-order valence-corrected chi connectivity index (χ4v) is 5.05. The van der Waals surface area contributed by atoms with Crippen LogP contribution >= 0.6 is 39.3 Å². The third-order valence-corrected chi connectivity index (χ3v) is 6.92. The first-order valence-corrected chi connectivity index (χ1v) is 12.7. The lowest BCUT2D eigenvalue weighted by Gasteiger charge is -2.15. The number of rotatable bonds is 8. The highest BCUT2D eigenvalue weighted by molar-refractivity contribution is 9.10. The van der Waals surface area contributed by atoms with Gasteiger partial charge >= 0.3 is 0 Å². The summed E-state index contributed by atoms with van der Waals surface area (Å²) in [6, 6.07) is 17.2. The minimum Gasteiger partial charge on any atom is -0.490 e. The van der Waals surface area contributed by atoms with Crippen molar-refractivity contribution in [1.29, 1.82) is 0 Å². The molecule has 0 aliphatic carbocycles. The lowest BCUT2D eigenvalue weighted by Crippen LogP contribution is -2.27. The van der Waals surface area contributed by atoms with Crippen molar-refractivity contribution in [3.05, 3.63) is 97.6 Å². The van der Waals surface area contributed by atoms with Gasteiger partial charge in [0.2, 0.25) is 0 Å². The van der Waals surface area contributed by atoms with Crippen LogP contribution in [0.4, 0.5) is 9.18 Å². The summed E-state index contributed by atoms with van der Waals surface area (Å²) < 4.78 is 25.8. The van der Waals surface area contributed by atoms with Gasteiger partial charge in [-0.1, -0.05) is 48.0 Å². The van der Waals surface area contributed by atoms with Crippen molar-refractivity contribution in [3.63, 3.8) is 0 Å². The lowest BCUT2D eigenvalue weighted by atomic mass is 10.1. The van der Waals surface area contributed by atoms with Gasteiger partial charge in [-0.25, -0.2) is 4.39 Å². The van der Waals surface area contributed by atoms with Crippen molar-refractivity contribution in [2.75, 3.05) is 6.61 Å². The standard InChI is InChI=1S/C26H20BrClFNO4S/c1-2-33-22-11-17(10-20(27)24(22)34-15-16-6-4-3-5-7-16)12-23-25(31)30(26(32)35-23)14-18-8-9-19(29)13-21(18)28/h3-13H,2,14-15H2,1H3/b23-12-. The van der Waals surface area contributed by atoms with E-state index in [9.17, 15) is 14.0 Å². The van der Waals surface area contributed by atoms with Gasteiger partial charge in [-0.05, 0) is 81.6 Å². The maximum Gasteiger partial charge on any atom is 0.293 e. The summed E-state index contributed by atoms with van der Waals surface area (Å²) in [6.07, 6.45) is 1.63. The number of ether oxygens (including phenoxy) is 2. The van der Waals surface area contributed by atoms with E-state index in [2.05, 4.69) is 15.9 Å². The van der Waals surface area contributed by atoms with E-state index in [1.807, 2.05) is 37.3 Å². The average molecular weight is 577 g/mol. The molecule has 3 aromatic rings. The number of benzene rings is 3. The molecule has 1 saturated heterocycles. The quantitative estimate of drug-likeness (QED) is 0.261. The fourth-order valence-electron chi connectivity index (χ4n) is 3.41. The number of amides is 2. The van der Waals surface area contributed by atoms with Gasteiger partial charge in [-0.2, -0.15) is 0 Å². The zero-order valence-corrected chi connectivity index (χ0v) is 21.8. The smallest absolute Gasteiger partial charge is 0.293 e. The zero-order chi connectivity index (χ0) is 24.9. The van der Waals surface area contributed by atoms with Crippen LogP contribution in [0.2, 0.25) is 5.02 Å². The molecule has 9 heteroatoms. The molecule has 1 fully saturated rings. The molecule has 0 spiro atoms. The molecule has 0 atom stereocenters. The number of halogens is 3. The monoisotopic (exact) mass is 575 g/mol. The number of imide groups is 1. The van der Waals surface area contributed by atoms with Crippen LogP contribution in [0.3, 0.4) is 0 Å². The molecule has 0 unspecified atom stereocenters. The first-order chi connectivity index (χ1) is 16.9. The predicted molar refractivity (Wildman–Crippen MR) is 139 cm³/mol.